The molecule has 1 aromatic heterocycles. The Balaban J connectivity index is 1.94. The summed E-state index contributed by atoms with van der Waals surface area (Å²) in [6, 6.07) is 11.4. The first-order valence-electron chi connectivity index (χ1n) is 6.82. The smallest absolute Gasteiger partial charge is 0.273 e. The largest absolute Gasteiger partial charge is 0.494 e. The second kappa shape index (κ2) is 6.46. The van der Waals surface area contributed by atoms with E-state index in [-0.39, 0.29) is 11.4 Å². The monoisotopic (exact) mass is 362 g/mol. The van der Waals surface area contributed by atoms with Crippen molar-refractivity contribution in [2.75, 3.05) is 12.4 Å². The molecule has 3 aromatic rings. The summed E-state index contributed by atoms with van der Waals surface area (Å²) in [4.78, 5) is 23.2. The van der Waals surface area contributed by atoms with Crippen LogP contribution in [0.4, 0.5) is 11.4 Å². The van der Waals surface area contributed by atoms with E-state index in [1.165, 1.54) is 36.6 Å². The molecule has 0 bridgehead atoms. The van der Waals surface area contributed by atoms with Crippen LogP contribution in [0.15, 0.2) is 42.5 Å². The molecular formula is C16H11ClN2O4S. The zero-order valence-electron chi connectivity index (χ0n) is 12.4. The van der Waals surface area contributed by atoms with E-state index in [9.17, 15) is 14.9 Å². The van der Waals surface area contributed by atoms with E-state index < -0.39 is 10.8 Å². The quantitative estimate of drug-likeness (QED) is 0.537. The summed E-state index contributed by atoms with van der Waals surface area (Å²) >= 11 is 7.57. The number of carbonyl (C=O) groups is 1. The lowest BCUT2D eigenvalue weighted by atomic mass is 10.2. The summed E-state index contributed by atoms with van der Waals surface area (Å²) in [5.41, 5.74) is 0.214. The maximum Gasteiger partial charge on any atom is 0.273 e. The highest BCUT2D eigenvalue weighted by Gasteiger charge is 2.19. The molecule has 0 aliphatic carbocycles. The number of ether oxygens (including phenoxy) is 1. The van der Waals surface area contributed by atoms with Gasteiger partial charge in [0.25, 0.3) is 11.6 Å². The van der Waals surface area contributed by atoms with Crippen LogP contribution >= 0.6 is 22.9 Å². The molecule has 1 heterocycles. The fourth-order valence-electron chi connectivity index (χ4n) is 2.24. The Bertz CT molecular complexity index is 954. The van der Waals surface area contributed by atoms with Crippen LogP contribution < -0.4 is 10.1 Å². The number of carbonyl (C=O) groups excluding carboxylic acids is 1. The van der Waals surface area contributed by atoms with Crippen molar-refractivity contribution >= 4 is 50.3 Å². The zero-order chi connectivity index (χ0) is 17.3. The molecule has 0 spiro atoms. The number of methoxy groups -OCH3 is 1. The number of hydrogen-bond acceptors (Lipinski definition) is 5. The number of fused-ring (bicyclic) bond motifs is 1. The molecule has 24 heavy (non-hydrogen) atoms. The molecule has 0 aliphatic rings. The first kappa shape index (κ1) is 16.2. The lowest BCUT2D eigenvalue weighted by Crippen LogP contribution is -2.11. The summed E-state index contributed by atoms with van der Waals surface area (Å²) in [6.45, 7) is 0. The number of anilines is 1. The number of non-ortho nitro benzene ring substituents is 1. The predicted molar refractivity (Wildman–Crippen MR) is 94.4 cm³/mol. The standard InChI is InChI=1S/C16H11ClN2O4S/c1-23-12-8-9(19(21)22)6-7-11(12)18-16(20)15-14(17)10-4-2-3-5-13(10)24-15/h2-8H,1H3,(H,18,20). The minimum Gasteiger partial charge on any atom is -0.494 e. The maximum absolute atomic E-state index is 12.5. The summed E-state index contributed by atoms with van der Waals surface area (Å²) in [5, 5.41) is 14.7. The number of nitrogens with zero attached hydrogens (tertiary/aromatic N) is 1. The molecule has 1 N–H and O–H groups in total. The molecule has 0 saturated carbocycles. The summed E-state index contributed by atoms with van der Waals surface area (Å²) in [7, 11) is 1.38. The number of rotatable bonds is 4. The van der Waals surface area contributed by atoms with Gasteiger partial charge in [-0.2, -0.15) is 0 Å². The third kappa shape index (κ3) is 2.91. The minimum atomic E-state index is -0.531. The van der Waals surface area contributed by atoms with Crippen molar-refractivity contribution in [3.8, 4) is 5.75 Å². The number of nitro benzene ring substituents is 1. The van der Waals surface area contributed by atoms with Gasteiger partial charge in [0.1, 0.15) is 10.6 Å². The van der Waals surface area contributed by atoms with E-state index in [0.29, 0.717) is 15.6 Å². The van der Waals surface area contributed by atoms with Gasteiger partial charge in [0.2, 0.25) is 0 Å². The number of thiophene rings is 1. The van der Waals surface area contributed by atoms with Crippen LogP contribution in [-0.4, -0.2) is 17.9 Å². The summed E-state index contributed by atoms with van der Waals surface area (Å²) in [6.07, 6.45) is 0. The third-order valence-corrected chi connectivity index (χ3v) is 5.06. The molecule has 0 unspecified atom stereocenters. The Morgan fingerprint density at radius 1 is 1.29 bits per heavy atom. The Hall–Kier alpha value is -2.64. The Morgan fingerprint density at radius 2 is 2.04 bits per heavy atom. The zero-order valence-corrected chi connectivity index (χ0v) is 14.0. The molecule has 0 saturated heterocycles. The van der Waals surface area contributed by atoms with Gasteiger partial charge in [-0.25, -0.2) is 0 Å². The van der Waals surface area contributed by atoms with Gasteiger partial charge >= 0.3 is 0 Å². The molecule has 6 nitrogen and oxygen atoms in total. The second-order valence-electron chi connectivity index (χ2n) is 4.84. The Kier molecular flexibility index (Phi) is 4.37. The van der Waals surface area contributed by atoms with Crippen molar-refractivity contribution in [3.05, 3.63) is 62.5 Å². The number of halogens is 1. The number of nitrogens with one attached hydrogen (secondary N) is 1. The second-order valence-corrected chi connectivity index (χ2v) is 6.27. The highest BCUT2D eigenvalue weighted by atomic mass is 35.5. The van der Waals surface area contributed by atoms with Gasteiger partial charge in [-0.05, 0) is 12.1 Å². The molecular weight excluding hydrogens is 352 g/mol. The average Bonchev–Trinajstić information content (AvgIpc) is 2.92. The van der Waals surface area contributed by atoms with Crippen LogP contribution in [0.5, 0.6) is 5.75 Å². The maximum atomic E-state index is 12.5. The molecule has 1 amide bonds. The van der Waals surface area contributed by atoms with Gasteiger partial charge in [-0.3, -0.25) is 14.9 Å². The van der Waals surface area contributed by atoms with Crippen LogP contribution in [0.2, 0.25) is 5.02 Å². The number of hydrogen-bond donors (Lipinski definition) is 1. The van der Waals surface area contributed by atoms with Crippen LogP contribution in [0.3, 0.4) is 0 Å². The third-order valence-electron chi connectivity index (χ3n) is 3.39. The van der Waals surface area contributed by atoms with Crippen molar-refractivity contribution < 1.29 is 14.5 Å². The van der Waals surface area contributed by atoms with Crippen LogP contribution in [0.1, 0.15) is 9.67 Å². The van der Waals surface area contributed by atoms with Gasteiger partial charge in [0, 0.05) is 16.2 Å². The van der Waals surface area contributed by atoms with Crippen LogP contribution in [0, 0.1) is 10.1 Å². The molecule has 8 heteroatoms. The molecule has 0 fully saturated rings. The van der Waals surface area contributed by atoms with Crippen LogP contribution in [-0.2, 0) is 0 Å². The molecule has 0 radical (unpaired) electrons. The van der Waals surface area contributed by atoms with Crippen molar-refractivity contribution in [1.82, 2.24) is 0 Å². The number of amides is 1. The minimum absolute atomic E-state index is 0.121. The fraction of sp³-hybridized carbons (Fsp3) is 0.0625. The fourth-order valence-corrected chi connectivity index (χ4v) is 3.65. The van der Waals surface area contributed by atoms with E-state index in [4.69, 9.17) is 16.3 Å². The lowest BCUT2D eigenvalue weighted by molar-refractivity contribution is -0.384. The van der Waals surface area contributed by atoms with Gasteiger partial charge in [0.15, 0.2) is 0 Å². The van der Waals surface area contributed by atoms with Gasteiger partial charge in [0.05, 0.1) is 28.8 Å². The van der Waals surface area contributed by atoms with Crippen molar-refractivity contribution in [1.29, 1.82) is 0 Å². The predicted octanol–water partition coefficient (Wildman–Crippen LogP) is 4.72. The SMILES string of the molecule is COc1cc([N+](=O)[O-])ccc1NC(=O)c1sc2ccccc2c1Cl. The van der Waals surface area contributed by atoms with Crippen molar-refractivity contribution in [3.63, 3.8) is 0 Å². The lowest BCUT2D eigenvalue weighted by Gasteiger charge is -2.09. The topological polar surface area (TPSA) is 81.5 Å². The highest BCUT2D eigenvalue weighted by Crippen LogP contribution is 2.36. The van der Waals surface area contributed by atoms with Crippen LogP contribution in [0.25, 0.3) is 10.1 Å². The molecule has 0 aliphatic heterocycles. The average molecular weight is 363 g/mol. The highest BCUT2D eigenvalue weighted by molar-refractivity contribution is 7.21. The number of benzene rings is 2. The first-order chi connectivity index (χ1) is 11.5. The van der Waals surface area contributed by atoms with E-state index in [1.54, 1.807) is 0 Å². The van der Waals surface area contributed by atoms with Gasteiger partial charge in [-0.15, -0.1) is 11.3 Å². The van der Waals surface area contributed by atoms with E-state index in [0.717, 1.165) is 10.1 Å². The van der Waals surface area contributed by atoms with E-state index >= 15 is 0 Å². The molecule has 3 rings (SSSR count). The normalized spacial score (nSPS) is 10.6. The molecule has 122 valence electrons. The van der Waals surface area contributed by atoms with Crippen molar-refractivity contribution in [2.24, 2.45) is 0 Å². The molecule has 0 atom stereocenters. The summed E-state index contributed by atoms with van der Waals surface area (Å²) < 4.78 is 6.02. The van der Waals surface area contributed by atoms with Gasteiger partial charge in [-0.1, -0.05) is 29.8 Å². The summed E-state index contributed by atoms with van der Waals surface area (Å²) in [5.74, 6) is -0.192. The molecule has 2 aromatic carbocycles. The Morgan fingerprint density at radius 3 is 2.71 bits per heavy atom. The first-order valence-corrected chi connectivity index (χ1v) is 8.01. The van der Waals surface area contributed by atoms with Crippen molar-refractivity contribution in [2.45, 2.75) is 0 Å². The van der Waals surface area contributed by atoms with Gasteiger partial charge < -0.3 is 10.1 Å². The van der Waals surface area contributed by atoms with E-state index in [1.807, 2.05) is 24.3 Å². The number of nitro groups is 1. The Labute approximate surface area is 145 Å². The van der Waals surface area contributed by atoms with E-state index in [2.05, 4.69) is 5.32 Å².